The Bertz CT molecular complexity index is 858. The van der Waals surface area contributed by atoms with Crippen molar-refractivity contribution in [3.63, 3.8) is 0 Å². The quantitative estimate of drug-likeness (QED) is 0.771. The standard InChI is InChI=1S/C25H31NO4/c1-24(2,3)30-23(27)26-20-11-12-21(26)16-25(28,15-20)19-9-13-22(14-10-19)29-17-18-7-5-4-6-8-18/h4-10,13-14,20-21,28H,11-12,15-17H2,1-3H3. The van der Waals surface area contributed by atoms with E-state index in [9.17, 15) is 9.90 Å². The average molecular weight is 410 g/mol. The number of carbonyl (C=O) groups excluding carboxylic acids is 1. The number of amides is 1. The molecule has 5 heteroatoms. The van der Waals surface area contributed by atoms with E-state index >= 15 is 0 Å². The van der Waals surface area contributed by atoms with Crippen molar-refractivity contribution in [1.82, 2.24) is 4.90 Å². The lowest BCUT2D eigenvalue weighted by atomic mass is 9.80. The molecular weight excluding hydrogens is 378 g/mol. The molecule has 2 saturated heterocycles. The minimum atomic E-state index is -0.928. The molecule has 1 amide bonds. The van der Waals surface area contributed by atoms with Crippen LogP contribution in [-0.4, -0.2) is 33.8 Å². The summed E-state index contributed by atoms with van der Waals surface area (Å²) in [7, 11) is 0. The van der Waals surface area contributed by atoms with Gasteiger partial charge < -0.3 is 19.5 Å². The minimum Gasteiger partial charge on any atom is -0.489 e. The van der Waals surface area contributed by atoms with E-state index in [0.717, 1.165) is 29.7 Å². The molecule has 2 bridgehead atoms. The Kier molecular flexibility index (Phi) is 5.49. The molecule has 160 valence electrons. The normalized spacial score (nSPS) is 25.8. The van der Waals surface area contributed by atoms with Crippen LogP contribution in [0.15, 0.2) is 54.6 Å². The van der Waals surface area contributed by atoms with Crippen molar-refractivity contribution in [2.45, 2.75) is 76.3 Å². The molecular formula is C25H31NO4. The number of rotatable bonds is 4. The van der Waals surface area contributed by atoms with E-state index in [0.29, 0.717) is 19.4 Å². The van der Waals surface area contributed by atoms with Crippen molar-refractivity contribution < 1.29 is 19.4 Å². The van der Waals surface area contributed by atoms with Crippen molar-refractivity contribution >= 4 is 6.09 Å². The lowest BCUT2D eigenvalue weighted by Crippen LogP contribution is -2.53. The Morgan fingerprint density at radius 2 is 1.63 bits per heavy atom. The maximum atomic E-state index is 12.7. The lowest BCUT2D eigenvalue weighted by Gasteiger charge is -2.44. The number of piperidine rings is 1. The Morgan fingerprint density at radius 3 is 2.20 bits per heavy atom. The van der Waals surface area contributed by atoms with Crippen LogP contribution in [0.3, 0.4) is 0 Å². The van der Waals surface area contributed by atoms with Crippen molar-refractivity contribution in [3.8, 4) is 5.75 Å². The van der Waals surface area contributed by atoms with E-state index in [4.69, 9.17) is 9.47 Å². The van der Waals surface area contributed by atoms with Crippen molar-refractivity contribution in [1.29, 1.82) is 0 Å². The van der Waals surface area contributed by atoms with Crippen LogP contribution in [0.4, 0.5) is 4.79 Å². The van der Waals surface area contributed by atoms with Crippen LogP contribution >= 0.6 is 0 Å². The van der Waals surface area contributed by atoms with E-state index in [1.54, 1.807) is 0 Å². The lowest BCUT2D eigenvalue weighted by molar-refractivity contribution is -0.0624. The minimum absolute atomic E-state index is 0.0117. The number of hydrogen-bond acceptors (Lipinski definition) is 4. The van der Waals surface area contributed by atoms with Gasteiger partial charge in [0, 0.05) is 24.9 Å². The second kappa shape index (κ2) is 7.95. The Balaban J connectivity index is 1.42. The molecule has 5 nitrogen and oxygen atoms in total. The topological polar surface area (TPSA) is 59.0 Å². The van der Waals surface area contributed by atoms with Gasteiger partial charge in [-0.2, -0.15) is 0 Å². The molecule has 0 aromatic heterocycles. The fourth-order valence-corrected chi connectivity index (χ4v) is 4.68. The average Bonchev–Trinajstić information content (AvgIpc) is 2.99. The first-order valence-corrected chi connectivity index (χ1v) is 10.7. The Morgan fingerprint density at radius 1 is 1.03 bits per heavy atom. The first-order chi connectivity index (χ1) is 14.2. The first kappa shape index (κ1) is 20.7. The maximum Gasteiger partial charge on any atom is 0.410 e. The molecule has 30 heavy (non-hydrogen) atoms. The highest BCUT2D eigenvalue weighted by molar-refractivity contribution is 5.69. The van der Waals surface area contributed by atoms with Gasteiger partial charge in [0.2, 0.25) is 0 Å². The van der Waals surface area contributed by atoms with Crippen molar-refractivity contribution in [2.75, 3.05) is 0 Å². The number of hydrogen-bond donors (Lipinski definition) is 1. The summed E-state index contributed by atoms with van der Waals surface area (Å²) >= 11 is 0. The molecule has 0 aliphatic carbocycles. The van der Waals surface area contributed by atoms with Gasteiger partial charge in [-0.25, -0.2) is 4.79 Å². The van der Waals surface area contributed by atoms with Gasteiger partial charge in [0.1, 0.15) is 18.0 Å². The number of fused-ring (bicyclic) bond motifs is 2. The Labute approximate surface area is 178 Å². The molecule has 2 aromatic rings. The highest BCUT2D eigenvalue weighted by Gasteiger charge is 2.51. The van der Waals surface area contributed by atoms with E-state index in [-0.39, 0.29) is 18.2 Å². The van der Waals surface area contributed by atoms with Gasteiger partial charge in [-0.1, -0.05) is 42.5 Å². The van der Waals surface area contributed by atoms with Gasteiger partial charge >= 0.3 is 6.09 Å². The van der Waals surface area contributed by atoms with Gasteiger partial charge in [0.05, 0.1) is 5.60 Å². The fraction of sp³-hybridized carbons (Fsp3) is 0.480. The molecule has 4 rings (SSSR count). The summed E-state index contributed by atoms with van der Waals surface area (Å²) in [5, 5.41) is 11.4. The monoisotopic (exact) mass is 409 g/mol. The van der Waals surface area contributed by atoms with Crippen LogP contribution in [0, 0.1) is 0 Å². The molecule has 2 aliphatic heterocycles. The number of benzene rings is 2. The van der Waals surface area contributed by atoms with E-state index in [1.807, 2.05) is 80.3 Å². The van der Waals surface area contributed by atoms with Crippen LogP contribution in [-0.2, 0) is 16.9 Å². The predicted octanol–water partition coefficient (Wildman–Crippen LogP) is 5.02. The van der Waals surface area contributed by atoms with Crippen LogP contribution in [0.1, 0.15) is 57.6 Å². The number of ether oxygens (including phenoxy) is 2. The summed E-state index contributed by atoms with van der Waals surface area (Å²) in [4.78, 5) is 14.5. The third-order valence-corrected chi connectivity index (χ3v) is 6.01. The van der Waals surface area contributed by atoms with Crippen LogP contribution in [0.2, 0.25) is 0 Å². The van der Waals surface area contributed by atoms with Gasteiger partial charge in [0.25, 0.3) is 0 Å². The largest absolute Gasteiger partial charge is 0.489 e. The zero-order chi connectivity index (χ0) is 21.4. The zero-order valence-electron chi connectivity index (χ0n) is 18.0. The number of nitrogens with zero attached hydrogens (tertiary/aromatic N) is 1. The highest BCUT2D eigenvalue weighted by Crippen LogP contribution is 2.46. The predicted molar refractivity (Wildman–Crippen MR) is 115 cm³/mol. The molecule has 1 N–H and O–H groups in total. The molecule has 0 radical (unpaired) electrons. The molecule has 0 saturated carbocycles. The molecule has 2 aliphatic rings. The van der Waals surface area contributed by atoms with Crippen LogP contribution < -0.4 is 4.74 Å². The van der Waals surface area contributed by atoms with Crippen molar-refractivity contribution in [2.24, 2.45) is 0 Å². The van der Waals surface area contributed by atoms with E-state index in [2.05, 4.69) is 0 Å². The number of carbonyl (C=O) groups is 1. The molecule has 0 spiro atoms. The maximum absolute atomic E-state index is 12.7. The Hall–Kier alpha value is -2.53. The third kappa shape index (κ3) is 4.46. The summed E-state index contributed by atoms with van der Waals surface area (Å²) in [6.45, 7) is 6.16. The second-order valence-electron chi connectivity index (χ2n) is 9.51. The SMILES string of the molecule is CC(C)(C)OC(=O)N1C2CCC1CC(O)(c1ccc(OCc3ccccc3)cc1)C2. The molecule has 2 fully saturated rings. The number of aliphatic hydroxyl groups is 1. The van der Waals surface area contributed by atoms with Gasteiger partial charge in [-0.3, -0.25) is 0 Å². The van der Waals surface area contributed by atoms with Crippen LogP contribution in [0.5, 0.6) is 5.75 Å². The van der Waals surface area contributed by atoms with Crippen LogP contribution in [0.25, 0.3) is 0 Å². The van der Waals surface area contributed by atoms with Crippen molar-refractivity contribution in [3.05, 3.63) is 65.7 Å². The molecule has 2 heterocycles. The summed E-state index contributed by atoms with van der Waals surface area (Å²) in [5.74, 6) is 0.778. The van der Waals surface area contributed by atoms with Gasteiger partial charge in [-0.15, -0.1) is 0 Å². The summed E-state index contributed by atoms with van der Waals surface area (Å²) in [5.41, 5.74) is 0.559. The summed E-state index contributed by atoms with van der Waals surface area (Å²) < 4.78 is 11.5. The molecule has 2 atom stereocenters. The highest BCUT2D eigenvalue weighted by atomic mass is 16.6. The first-order valence-electron chi connectivity index (χ1n) is 10.7. The molecule has 2 unspecified atom stereocenters. The summed E-state index contributed by atoms with van der Waals surface area (Å²) in [6.07, 6.45) is 2.62. The smallest absolute Gasteiger partial charge is 0.410 e. The fourth-order valence-electron chi connectivity index (χ4n) is 4.68. The summed E-state index contributed by atoms with van der Waals surface area (Å²) in [6, 6.07) is 17.8. The molecule has 2 aromatic carbocycles. The van der Waals surface area contributed by atoms with Gasteiger partial charge in [-0.05, 0) is 56.9 Å². The van der Waals surface area contributed by atoms with Gasteiger partial charge in [0.15, 0.2) is 0 Å². The zero-order valence-corrected chi connectivity index (χ0v) is 18.0. The third-order valence-electron chi connectivity index (χ3n) is 6.01. The second-order valence-corrected chi connectivity index (χ2v) is 9.51. The van der Waals surface area contributed by atoms with E-state index < -0.39 is 11.2 Å². The van der Waals surface area contributed by atoms with E-state index in [1.165, 1.54) is 0 Å².